The van der Waals surface area contributed by atoms with Gasteiger partial charge < -0.3 is 10.1 Å². The SMILES string of the molecule is COc1ccc(CCC(=O)NC(C)c2nnc3ccccn23)cc1. The Kier molecular flexibility index (Phi) is 4.74. The molecule has 0 fully saturated rings. The molecule has 6 nitrogen and oxygen atoms in total. The van der Waals surface area contributed by atoms with E-state index < -0.39 is 0 Å². The van der Waals surface area contributed by atoms with Crippen molar-refractivity contribution in [2.75, 3.05) is 7.11 Å². The lowest BCUT2D eigenvalue weighted by Crippen LogP contribution is -2.28. The predicted octanol–water partition coefficient (Wildman–Crippen LogP) is 2.55. The highest BCUT2D eigenvalue weighted by Crippen LogP contribution is 2.14. The fraction of sp³-hybridized carbons (Fsp3) is 0.278. The van der Waals surface area contributed by atoms with Crippen molar-refractivity contribution in [2.24, 2.45) is 0 Å². The number of amides is 1. The average Bonchev–Trinajstić information content (AvgIpc) is 3.04. The Hall–Kier alpha value is -2.89. The zero-order valence-electron chi connectivity index (χ0n) is 13.8. The maximum Gasteiger partial charge on any atom is 0.220 e. The Morgan fingerprint density at radius 1 is 1.21 bits per heavy atom. The number of aromatic nitrogens is 3. The first-order chi connectivity index (χ1) is 11.7. The molecule has 0 aliphatic heterocycles. The number of rotatable bonds is 6. The van der Waals surface area contributed by atoms with Crippen LogP contribution in [0.5, 0.6) is 5.75 Å². The molecule has 0 spiro atoms. The topological polar surface area (TPSA) is 68.5 Å². The van der Waals surface area contributed by atoms with Crippen LogP contribution >= 0.6 is 0 Å². The molecule has 1 aromatic carbocycles. The third-order valence-electron chi connectivity index (χ3n) is 3.90. The van der Waals surface area contributed by atoms with Crippen molar-refractivity contribution < 1.29 is 9.53 Å². The van der Waals surface area contributed by atoms with Crippen molar-refractivity contribution in [3.63, 3.8) is 0 Å². The number of methoxy groups -OCH3 is 1. The molecule has 6 heteroatoms. The van der Waals surface area contributed by atoms with Gasteiger partial charge in [0.1, 0.15) is 5.75 Å². The molecule has 0 saturated heterocycles. The summed E-state index contributed by atoms with van der Waals surface area (Å²) in [6.07, 6.45) is 3.00. The van der Waals surface area contributed by atoms with Crippen molar-refractivity contribution in [2.45, 2.75) is 25.8 Å². The van der Waals surface area contributed by atoms with Crippen molar-refractivity contribution >= 4 is 11.6 Å². The number of pyridine rings is 1. The Morgan fingerprint density at radius 2 is 2.00 bits per heavy atom. The number of carbonyl (C=O) groups excluding carboxylic acids is 1. The van der Waals surface area contributed by atoms with Gasteiger partial charge in [-0.1, -0.05) is 18.2 Å². The standard InChI is InChI=1S/C18H20N4O2/c1-13(18-21-20-16-5-3-4-12-22(16)18)19-17(23)11-8-14-6-9-15(24-2)10-7-14/h3-7,9-10,12-13H,8,11H2,1-2H3,(H,19,23). The Morgan fingerprint density at radius 3 is 2.75 bits per heavy atom. The number of nitrogens with zero attached hydrogens (tertiary/aromatic N) is 3. The van der Waals surface area contributed by atoms with E-state index in [1.54, 1.807) is 7.11 Å². The summed E-state index contributed by atoms with van der Waals surface area (Å²) < 4.78 is 7.01. The van der Waals surface area contributed by atoms with Gasteiger partial charge in [-0.25, -0.2) is 0 Å². The van der Waals surface area contributed by atoms with Crippen LogP contribution in [0.2, 0.25) is 0 Å². The van der Waals surface area contributed by atoms with Crippen LogP contribution in [0.3, 0.4) is 0 Å². The average molecular weight is 324 g/mol. The maximum atomic E-state index is 12.2. The summed E-state index contributed by atoms with van der Waals surface area (Å²) in [5, 5.41) is 11.3. The molecule has 0 aliphatic carbocycles. The molecule has 1 N–H and O–H groups in total. The van der Waals surface area contributed by atoms with Crippen LogP contribution < -0.4 is 10.1 Å². The molecule has 24 heavy (non-hydrogen) atoms. The van der Waals surface area contributed by atoms with E-state index in [2.05, 4.69) is 15.5 Å². The first-order valence-electron chi connectivity index (χ1n) is 7.89. The molecule has 0 saturated carbocycles. The highest BCUT2D eigenvalue weighted by molar-refractivity contribution is 5.76. The zero-order chi connectivity index (χ0) is 16.9. The minimum Gasteiger partial charge on any atom is -0.497 e. The number of fused-ring (bicyclic) bond motifs is 1. The zero-order valence-corrected chi connectivity index (χ0v) is 13.8. The molecule has 1 unspecified atom stereocenters. The van der Waals surface area contributed by atoms with E-state index in [0.717, 1.165) is 22.8 Å². The number of carbonyl (C=O) groups is 1. The van der Waals surface area contributed by atoms with Gasteiger partial charge in [-0.05, 0) is 43.2 Å². The van der Waals surface area contributed by atoms with Gasteiger partial charge in [-0.3, -0.25) is 9.20 Å². The third-order valence-corrected chi connectivity index (χ3v) is 3.90. The summed E-state index contributed by atoms with van der Waals surface area (Å²) in [6.45, 7) is 1.91. The minimum atomic E-state index is -0.203. The molecular formula is C18H20N4O2. The second-order valence-corrected chi connectivity index (χ2v) is 5.62. The fourth-order valence-corrected chi connectivity index (χ4v) is 2.58. The van der Waals surface area contributed by atoms with E-state index in [1.807, 2.05) is 60.0 Å². The van der Waals surface area contributed by atoms with Crippen LogP contribution in [0.4, 0.5) is 0 Å². The van der Waals surface area contributed by atoms with E-state index in [-0.39, 0.29) is 11.9 Å². The van der Waals surface area contributed by atoms with E-state index in [9.17, 15) is 4.79 Å². The number of nitrogens with one attached hydrogen (secondary N) is 1. The largest absolute Gasteiger partial charge is 0.497 e. The van der Waals surface area contributed by atoms with Gasteiger partial charge in [0, 0.05) is 12.6 Å². The van der Waals surface area contributed by atoms with E-state index in [0.29, 0.717) is 12.8 Å². The fourth-order valence-electron chi connectivity index (χ4n) is 2.58. The minimum absolute atomic E-state index is 0.00833. The molecule has 3 aromatic rings. The van der Waals surface area contributed by atoms with Crippen LogP contribution in [0.1, 0.15) is 30.8 Å². The quantitative estimate of drug-likeness (QED) is 0.756. The number of hydrogen-bond acceptors (Lipinski definition) is 4. The van der Waals surface area contributed by atoms with Crippen molar-refractivity contribution in [3.8, 4) is 5.75 Å². The maximum absolute atomic E-state index is 12.2. The van der Waals surface area contributed by atoms with Crippen LogP contribution in [-0.4, -0.2) is 27.6 Å². The molecule has 0 bridgehead atoms. The second-order valence-electron chi connectivity index (χ2n) is 5.62. The van der Waals surface area contributed by atoms with Crippen molar-refractivity contribution in [1.82, 2.24) is 19.9 Å². The molecular weight excluding hydrogens is 304 g/mol. The molecule has 0 radical (unpaired) electrons. The Labute approximate surface area is 140 Å². The smallest absolute Gasteiger partial charge is 0.220 e. The highest BCUT2D eigenvalue weighted by atomic mass is 16.5. The summed E-state index contributed by atoms with van der Waals surface area (Å²) >= 11 is 0. The van der Waals surface area contributed by atoms with Gasteiger partial charge in [-0.2, -0.15) is 0 Å². The lowest BCUT2D eigenvalue weighted by atomic mass is 10.1. The van der Waals surface area contributed by atoms with Gasteiger partial charge in [0.2, 0.25) is 5.91 Å². The van der Waals surface area contributed by atoms with Crippen molar-refractivity contribution in [1.29, 1.82) is 0 Å². The number of aryl methyl sites for hydroxylation is 1. The van der Waals surface area contributed by atoms with Gasteiger partial charge in [-0.15, -0.1) is 10.2 Å². The van der Waals surface area contributed by atoms with E-state index in [4.69, 9.17) is 4.74 Å². The summed E-state index contributed by atoms with van der Waals surface area (Å²) in [7, 11) is 1.64. The molecule has 2 heterocycles. The van der Waals surface area contributed by atoms with Crippen molar-refractivity contribution in [3.05, 3.63) is 60.0 Å². The van der Waals surface area contributed by atoms with Crippen LogP contribution in [0, 0.1) is 0 Å². The first kappa shape index (κ1) is 16.0. The molecule has 0 aliphatic rings. The van der Waals surface area contributed by atoms with Gasteiger partial charge in [0.25, 0.3) is 0 Å². The lowest BCUT2D eigenvalue weighted by Gasteiger charge is -2.12. The molecule has 1 atom stereocenters. The number of ether oxygens (including phenoxy) is 1. The third kappa shape index (κ3) is 3.53. The molecule has 2 aromatic heterocycles. The summed E-state index contributed by atoms with van der Waals surface area (Å²) in [4.78, 5) is 12.2. The number of hydrogen-bond donors (Lipinski definition) is 1. The van der Waals surface area contributed by atoms with Gasteiger partial charge in [0.05, 0.1) is 13.2 Å². The van der Waals surface area contributed by atoms with Gasteiger partial charge >= 0.3 is 0 Å². The highest BCUT2D eigenvalue weighted by Gasteiger charge is 2.15. The van der Waals surface area contributed by atoms with E-state index >= 15 is 0 Å². The molecule has 124 valence electrons. The summed E-state index contributed by atoms with van der Waals surface area (Å²) in [6, 6.07) is 13.3. The molecule has 1 amide bonds. The summed E-state index contributed by atoms with van der Waals surface area (Å²) in [5.41, 5.74) is 1.87. The summed E-state index contributed by atoms with van der Waals surface area (Å²) in [5.74, 6) is 1.53. The Bertz CT molecular complexity index is 826. The second kappa shape index (κ2) is 7.12. The number of benzene rings is 1. The lowest BCUT2D eigenvalue weighted by molar-refractivity contribution is -0.121. The Balaban J connectivity index is 1.57. The normalized spacial score (nSPS) is 12.1. The van der Waals surface area contributed by atoms with Crippen LogP contribution in [0.15, 0.2) is 48.7 Å². The van der Waals surface area contributed by atoms with Crippen LogP contribution in [-0.2, 0) is 11.2 Å². The van der Waals surface area contributed by atoms with Gasteiger partial charge in [0.15, 0.2) is 11.5 Å². The molecule has 3 rings (SSSR count). The van der Waals surface area contributed by atoms with E-state index in [1.165, 1.54) is 0 Å². The predicted molar refractivity (Wildman–Crippen MR) is 90.9 cm³/mol. The van der Waals surface area contributed by atoms with Crippen LogP contribution in [0.25, 0.3) is 5.65 Å². The monoisotopic (exact) mass is 324 g/mol. The first-order valence-corrected chi connectivity index (χ1v) is 7.89.